The maximum absolute atomic E-state index is 12.8. The topological polar surface area (TPSA) is 69.8 Å². The summed E-state index contributed by atoms with van der Waals surface area (Å²) in [5.74, 6) is 0.267. The summed E-state index contributed by atoms with van der Waals surface area (Å²) in [6.45, 7) is 7.97. The van der Waals surface area contributed by atoms with Crippen LogP contribution in [-0.4, -0.2) is 59.6 Å². The standard InChI is InChI=1S/C25H33N3O2/c1-19-16-22(29)17-20(2)23(19)18-24(26)25(30)28-14-12-27(13-15-28)11-7-6-10-21-8-4-3-5-9-21/h3-9,16-17,24,29H,10-15,18,26H2,1-2H3/b7-6-/t24-/m0/s1. The molecule has 1 fully saturated rings. The lowest BCUT2D eigenvalue weighted by molar-refractivity contribution is -0.134. The Hall–Kier alpha value is -2.63. The minimum Gasteiger partial charge on any atom is -0.508 e. The van der Waals surface area contributed by atoms with Crippen molar-refractivity contribution in [3.05, 3.63) is 76.9 Å². The van der Waals surface area contributed by atoms with E-state index in [1.807, 2.05) is 24.8 Å². The normalized spacial score (nSPS) is 16.2. The maximum Gasteiger partial charge on any atom is 0.239 e. The van der Waals surface area contributed by atoms with E-state index in [0.29, 0.717) is 19.5 Å². The molecule has 0 aliphatic carbocycles. The summed E-state index contributed by atoms with van der Waals surface area (Å²) in [4.78, 5) is 17.1. The van der Waals surface area contributed by atoms with Crippen LogP contribution in [0.15, 0.2) is 54.6 Å². The Balaban J connectivity index is 1.44. The minimum absolute atomic E-state index is 0.0149. The molecule has 0 radical (unpaired) electrons. The van der Waals surface area contributed by atoms with E-state index in [1.54, 1.807) is 12.1 Å². The molecule has 1 amide bonds. The second-order valence-corrected chi connectivity index (χ2v) is 8.16. The summed E-state index contributed by atoms with van der Waals surface area (Å²) in [6, 6.07) is 13.3. The first-order chi connectivity index (χ1) is 14.4. The molecule has 0 saturated carbocycles. The van der Waals surface area contributed by atoms with Crippen molar-refractivity contribution in [1.29, 1.82) is 0 Å². The molecule has 1 atom stereocenters. The number of carbonyl (C=O) groups excluding carboxylic acids is 1. The van der Waals surface area contributed by atoms with Crippen molar-refractivity contribution in [3.63, 3.8) is 0 Å². The van der Waals surface area contributed by atoms with Gasteiger partial charge in [-0.2, -0.15) is 0 Å². The number of nitrogens with two attached hydrogens (primary N) is 1. The first-order valence-corrected chi connectivity index (χ1v) is 10.7. The average Bonchev–Trinajstić information content (AvgIpc) is 2.74. The fourth-order valence-corrected chi connectivity index (χ4v) is 4.04. The van der Waals surface area contributed by atoms with Crippen LogP contribution in [-0.2, 0) is 17.6 Å². The number of nitrogens with zero attached hydrogens (tertiary/aromatic N) is 2. The molecule has 3 rings (SSSR count). The van der Waals surface area contributed by atoms with Crippen molar-refractivity contribution in [2.45, 2.75) is 32.7 Å². The van der Waals surface area contributed by atoms with E-state index in [-0.39, 0.29) is 11.7 Å². The summed E-state index contributed by atoms with van der Waals surface area (Å²) < 4.78 is 0. The smallest absolute Gasteiger partial charge is 0.239 e. The molecule has 1 heterocycles. The molecule has 5 heteroatoms. The van der Waals surface area contributed by atoms with Crippen molar-refractivity contribution in [3.8, 4) is 5.75 Å². The van der Waals surface area contributed by atoms with Crippen LogP contribution in [0.25, 0.3) is 0 Å². The molecule has 2 aromatic carbocycles. The zero-order valence-electron chi connectivity index (χ0n) is 18.1. The molecule has 0 aromatic heterocycles. The van der Waals surface area contributed by atoms with E-state index in [4.69, 9.17) is 5.73 Å². The van der Waals surface area contributed by atoms with Gasteiger partial charge in [0, 0.05) is 32.7 Å². The number of allylic oxidation sites excluding steroid dienone is 1. The van der Waals surface area contributed by atoms with Crippen LogP contribution in [0.2, 0.25) is 0 Å². The van der Waals surface area contributed by atoms with Crippen LogP contribution in [0.5, 0.6) is 5.75 Å². The van der Waals surface area contributed by atoms with Crippen LogP contribution in [0.4, 0.5) is 0 Å². The zero-order chi connectivity index (χ0) is 21.5. The number of phenols is 1. The SMILES string of the molecule is Cc1cc(O)cc(C)c1C[C@H](N)C(=O)N1CCN(C/C=C\Cc2ccccc2)CC1. The molecule has 30 heavy (non-hydrogen) atoms. The summed E-state index contributed by atoms with van der Waals surface area (Å²) in [6.07, 6.45) is 5.88. The third-order valence-corrected chi connectivity index (χ3v) is 5.83. The Morgan fingerprint density at radius 1 is 1.07 bits per heavy atom. The maximum atomic E-state index is 12.8. The highest BCUT2D eigenvalue weighted by atomic mass is 16.3. The lowest BCUT2D eigenvalue weighted by Crippen LogP contribution is -2.53. The Morgan fingerprint density at radius 2 is 1.70 bits per heavy atom. The summed E-state index contributed by atoms with van der Waals surface area (Å²) >= 11 is 0. The van der Waals surface area contributed by atoms with E-state index in [9.17, 15) is 9.90 Å². The first-order valence-electron chi connectivity index (χ1n) is 10.7. The molecule has 2 aromatic rings. The van der Waals surface area contributed by atoms with Gasteiger partial charge in [-0.15, -0.1) is 0 Å². The number of benzene rings is 2. The number of hydrogen-bond donors (Lipinski definition) is 2. The van der Waals surface area contributed by atoms with Crippen LogP contribution < -0.4 is 5.73 Å². The van der Waals surface area contributed by atoms with E-state index in [0.717, 1.165) is 42.7 Å². The molecular formula is C25H33N3O2. The Labute approximate surface area is 179 Å². The van der Waals surface area contributed by atoms with Gasteiger partial charge >= 0.3 is 0 Å². The lowest BCUT2D eigenvalue weighted by Gasteiger charge is -2.35. The second-order valence-electron chi connectivity index (χ2n) is 8.16. The third kappa shape index (κ3) is 5.94. The first kappa shape index (κ1) is 22.1. The highest BCUT2D eigenvalue weighted by Gasteiger charge is 2.25. The molecule has 1 aliphatic rings. The van der Waals surface area contributed by atoms with Crippen molar-refractivity contribution in [2.75, 3.05) is 32.7 Å². The van der Waals surface area contributed by atoms with Crippen molar-refractivity contribution in [1.82, 2.24) is 9.80 Å². The molecule has 0 bridgehead atoms. The Morgan fingerprint density at radius 3 is 2.33 bits per heavy atom. The van der Waals surface area contributed by atoms with Crippen LogP contribution >= 0.6 is 0 Å². The minimum atomic E-state index is -0.552. The number of hydrogen-bond acceptors (Lipinski definition) is 4. The number of rotatable bonds is 7. The van der Waals surface area contributed by atoms with Crippen molar-refractivity contribution < 1.29 is 9.90 Å². The number of amides is 1. The number of phenolic OH excluding ortho intramolecular Hbond substituents is 1. The van der Waals surface area contributed by atoms with Gasteiger partial charge in [-0.25, -0.2) is 0 Å². The summed E-state index contributed by atoms with van der Waals surface area (Å²) in [5, 5.41) is 9.71. The molecule has 0 unspecified atom stereocenters. The highest BCUT2D eigenvalue weighted by Crippen LogP contribution is 2.22. The number of aromatic hydroxyl groups is 1. The molecule has 5 nitrogen and oxygen atoms in total. The van der Waals surface area contributed by atoms with Gasteiger partial charge in [0.15, 0.2) is 0 Å². The van der Waals surface area contributed by atoms with Gasteiger partial charge < -0.3 is 15.7 Å². The second kappa shape index (κ2) is 10.4. The molecule has 1 aliphatic heterocycles. The molecule has 0 spiro atoms. The van der Waals surface area contributed by atoms with E-state index < -0.39 is 6.04 Å². The van der Waals surface area contributed by atoms with Gasteiger partial charge in [0.1, 0.15) is 5.75 Å². The van der Waals surface area contributed by atoms with Crippen molar-refractivity contribution >= 4 is 5.91 Å². The van der Waals surface area contributed by atoms with Crippen molar-refractivity contribution in [2.24, 2.45) is 5.73 Å². The van der Waals surface area contributed by atoms with E-state index in [1.165, 1.54) is 5.56 Å². The highest BCUT2D eigenvalue weighted by molar-refractivity contribution is 5.82. The fourth-order valence-electron chi connectivity index (χ4n) is 4.04. The average molecular weight is 408 g/mol. The largest absolute Gasteiger partial charge is 0.508 e. The third-order valence-electron chi connectivity index (χ3n) is 5.83. The van der Waals surface area contributed by atoms with Gasteiger partial charge in [0.2, 0.25) is 5.91 Å². The van der Waals surface area contributed by atoms with E-state index >= 15 is 0 Å². The van der Waals surface area contributed by atoms with E-state index in [2.05, 4.69) is 41.3 Å². The number of carbonyl (C=O) groups is 1. The Bertz CT molecular complexity index is 848. The van der Waals surface area contributed by atoms with Gasteiger partial charge in [0.05, 0.1) is 6.04 Å². The van der Waals surface area contributed by atoms with Gasteiger partial charge in [-0.3, -0.25) is 9.69 Å². The number of aryl methyl sites for hydroxylation is 2. The summed E-state index contributed by atoms with van der Waals surface area (Å²) in [7, 11) is 0. The molecule has 1 saturated heterocycles. The quantitative estimate of drug-likeness (QED) is 0.693. The van der Waals surface area contributed by atoms with Crippen LogP contribution in [0.3, 0.4) is 0 Å². The lowest BCUT2D eigenvalue weighted by atomic mass is 9.95. The monoisotopic (exact) mass is 407 g/mol. The Kier molecular flexibility index (Phi) is 7.66. The fraction of sp³-hybridized carbons (Fsp3) is 0.400. The van der Waals surface area contributed by atoms with Crippen LogP contribution in [0, 0.1) is 13.8 Å². The molecular weight excluding hydrogens is 374 g/mol. The number of piperazine rings is 1. The van der Waals surface area contributed by atoms with Gasteiger partial charge in [-0.05, 0) is 61.1 Å². The van der Waals surface area contributed by atoms with Crippen LogP contribution in [0.1, 0.15) is 22.3 Å². The van der Waals surface area contributed by atoms with Gasteiger partial charge in [0.25, 0.3) is 0 Å². The summed E-state index contributed by atoms with van der Waals surface area (Å²) in [5.41, 5.74) is 10.6. The predicted octanol–water partition coefficient (Wildman–Crippen LogP) is 2.82. The predicted molar refractivity (Wildman–Crippen MR) is 122 cm³/mol. The molecule has 3 N–H and O–H groups in total. The van der Waals surface area contributed by atoms with Gasteiger partial charge in [-0.1, -0.05) is 42.5 Å². The zero-order valence-corrected chi connectivity index (χ0v) is 18.1. The molecule has 160 valence electrons.